The maximum atomic E-state index is 11.8. The van der Waals surface area contributed by atoms with Crippen molar-refractivity contribution in [3.05, 3.63) is 33.6 Å². The Morgan fingerprint density at radius 3 is 2.79 bits per heavy atom. The molecule has 0 radical (unpaired) electrons. The molecule has 0 saturated heterocycles. The molecule has 0 spiro atoms. The number of carbonyl (C=O) groups is 1. The Morgan fingerprint density at radius 1 is 1.38 bits per heavy atom. The lowest BCUT2D eigenvalue weighted by Gasteiger charge is -2.08. The van der Waals surface area contributed by atoms with E-state index in [0.717, 1.165) is 18.4 Å². The first-order chi connectivity index (χ1) is 11.5. The number of hydrogen-bond donors (Lipinski definition) is 3. The van der Waals surface area contributed by atoms with Gasteiger partial charge in [-0.15, -0.1) is 11.3 Å². The smallest absolute Gasteiger partial charge is 0.247 e. The average Bonchev–Trinajstić information content (AvgIpc) is 3.29. The van der Waals surface area contributed by atoms with Gasteiger partial charge in [-0.25, -0.2) is 9.97 Å². The third-order valence-corrected chi connectivity index (χ3v) is 5.08. The molecule has 122 valence electrons. The summed E-state index contributed by atoms with van der Waals surface area (Å²) in [5, 5.41) is 3.93. The number of thiophene rings is 1. The predicted molar refractivity (Wildman–Crippen MR) is 94.5 cm³/mol. The number of carbonyl (C=O) groups excluding carboxylic acids is 1. The van der Waals surface area contributed by atoms with Crippen LogP contribution < -0.4 is 16.6 Å². The van der Waals surface area contributed by atoms with Crippen molar-refractivity contribution in [2.45, 2.75) is 25.8 Å². The first kappa shape index (κ1) is 14.8. The summed E-state index contributed by atoms with van der Waals surface area (Å²) < 4.78 is 0. The molecule has 0 aliphatic heterocycles. The summed E-state index contributed by atoms with van der Waals surface area (Å²) in [4.78, 5) is 36.0. The van der Waals surface area contributed by atoms with Crippen LogP contribution in [0.2, 0.25) is 0 Å². The van der Waals surface area contributed by atoms with Crippen LogP contribution in [0, 0.1) is 0 Å². The van der Waals surface area contributed by atoms with Crippen molar-refractivity contribution in [1.82, 2.24) is 15.0 Å². The van der Waals surface area contributed by atoms with E-state index in [4.69, 9.17) is 5.73 Å². The Labute approximate surface area is 141 Å². The zero-order valence-electron chi connectivity index (χ0n) is 12.9. The van der Waals surface area contributed by atoms with E-state index in [2.05, 4.69) is 20.3 Å². The van der Waals surface area contributed by atoms with E-state index in [9.17, 15) is 9.59 Å². The molecular formula is C16H15N5O2S. The van der Waals surface area contributed by atoms with Gasteiger partial charge in [0.1, 0.15) is 4.83 Å². The van der Waals surface area contributed by atoms with Gasteiger partial charge in [0.05, 0.1) is 21.6 Å². The fourth-order valence-electron chi connectivity index (χ4n) is 2.53. The summed E-state index contributed by atoms with van der Waals surface area (Å²) in [7, 11) is 0. The second-order valence-electron chi connectivity index (χ2n) is 5.84. The minimum Gasteiger partial charge on any atom is -0.397 e. The van der Waals surface area contributed by atoms with Gasteiger partial charge in [0.25, 0.3) is 0 Å². The van der Waals surface area contributed by atoms with E-state index < -0.39 is 0 Å². The van der Waals surface area contributed by atoms with Crippen LogP contribution in [-0.2, 0) is 0 Å². The standard InChI is InChI=1S/C16H15N5O2S/c1-7(22)14-12(17)11-13(8-2-5-10(23)18-6-8)20-16(19-9-3-4-9)21-15(11)24-14/h2,5-6,9H,3-4,17H2,1H3,(H,18,23)(H,19,20,21). The van der Waals surface area contributed by atoms with Crippen molar-refractivity contribution in [3.63, 3.8) is 0 Å². The molecule has 1 aliphatic carbocycles. The lowest BCUT2D eigenvalue weighted by Crippen LogP contribution is -2.07. The third kappa shape index (κ3) is 2.54. The summed E-state index contributed by atoms with van der Waals surface area (Å²) in [5.74, 6) is 0.419. The van der Waals surface area contributed by atoms with Crippen LogP contribution in [-0.4, -0.2) is 26.8 Å². The summed E-state index contributed by atoms with van der Waals surface area (Å²) in [6.07, 6.45) is 3.79. The molecule has 0 atom stereocenters. The minimum atomic E-state index is -0.192. The maximum Gasteiger partial charge on any atom is 0.247 e. The summed E-state index contributed by atoms with van der Waals surface area (Å²) in [6.45, 7) is 1.48. The number of ketones is 1. The minimum absolute atomic E-state index is 0.0976. The molecule has 4 rings (SSSR count). The zero-order chi connectivity index (χ0) is 16.8. The number of aromatic nitrogens is 3. The van der Waals surface area contributed by atoms with Gasteiger partial charge in [-0.3, -0.25) is 9.59 Å². The molecule has 3 aromatic heterocycles. The molecule has 24 heavy (non-hydrogen) atoms. The van der Waals surface area contributed by atoms with Crippen LogP contribution in [0.4, 0.5) is 11.6 Å². The molecule has 8 heteroatoms. The summed E-state index contributed by atoms with van der Waals surface area (Å²) in [6, 6.07) is 3.52. The SMILES string of the molecule is CC(=O)c1sc2nc(NC3CC3)nc(-c3ccc(=O)[nH]c3)c2c1N. The molecule has 7 nitrogen and oxygen atoms in total. The number of H-pyrrole nitrogens is 1. The number of pyridine rings is 1. The number of aromatic amines is 1. The van der Waals surface area contributed by atoms with E-state index in [1.165, 1.54) is 24.3 Å². The number of Topliss-reactive ketones (excluding diaryl/α,β-unsaturated/α-hetero) is 1. The molecule has 0 bridgehead atoms. The molecule has 1 aliphatic rings. The number of nitrogens with one attached hydrogen (secondary N) is 2. The number of fused-ring (bicyclic) bond motifs is 1. The first-order valence-corrected chi connectivity index (χ1v) is 8.41. The van der Waals surface area contributed by atoms with Crippen molar-refractivity contribution in [2.24, 2.45) is 0 Å². The molecule has 1 saturated carbocycles. The van der Waals surface area contributed by atoms with Gasteiger partial charge in [-0.1, -0.05) is 0 Å². The summed E-state index contributed by atoms with van der Waals surface area (Å²) >= 11 is 1.27. The molecule has 0 unspecified atom stereocenters. The van der Waals surface area contributed by atoms with Crippen LogP contribution in [0.5, 0.6) is 0 Å². The third-order valence-electron chi connectivity index (χ3n) is 3.88. The van der Waals surface area contributed by atoms with Crippen LogP contribution in [0.15, 0.2) is 23.1 Å². The lowest BCUT2D eigenvalue weighted by atomic mass is 10.1. The van der Waals surface area contributed by atoms with Gasteiger partial charge in [0.2, 0.25) is 11.5 Å². The van der Waals surface area contributed by atoms with Gasteiger partial charge in [-0.2, -0.15) is 0 Å². The number of nitrogens with two attached hydrogens (primary N) is 1. The quantitative estimate of drug-likeness (QED) is 0.628. The number of nitrogens with zero attached hydrogens (tertiary/aromatic N) is 2. The van der Waals surface area contributed by atoms with Gasteiger partial charge in [-0.05, 0) is 18.9 Å². The highest BCUT2D eigenvalue weighted by Gasteiger charge is 2.25. The second-order valence-corrected chi connectivity index (χ2v) is 6.84. The summed E-state index contributed by atoms with van der Waals surface area (Å²) in [5.41, 5.74) is 7.72. The highest BCUT2D eigenvalue weighted by Crippen LogP contribution is 2.39. The fraction of sp³-hybridized carbons (Fsp3) is 0.250. The monoisotopic (exact) mass is 341 g/mol. The van der Waals surface area contributed by atoms with Crippen LogP contribution >= 0.6 is 11.3 Å². The number of anilines is 2. The van der Waals surface area contributed by atoms with E-state index in [1.807, 2.05) is 0 Å². The number of hydrogen-bond acceptors (Lipinski definition) is 7. The lowest BCUT2D eigenvalue weighted by molar-refractivity contribution is 0.102. The molecule has 4 N–H and O–H groups in total. The molecule has 3 aromatic rings. The second kappa shape index (κ2) is 5.41. The molecule has 3 heterocycles. The highest BCUT2D eigenvalue weighted by atomic mass is 32.1. The predicted octanol–water partition coefficient (Wildman–Crippen LogP) is 2.41. The Hall–Kier alpha value is -2.74. The Bertz CT molecular complexity index is 999. The van der Waals surface area contributed by atoms with E-state index in [-0.39, 0.29) is 11.3 Å². The molecule has 1 fully saturated rings. The number of rotatable bonds is 4. The van der Waals surface area contributed by atoms with E-state index in [1.54, 1.807) is 12.3 Å². The van der Waals surface area contributed by atoms with Crippen molar-refractivity contribution in [3.8, 4) is 11.3 Å². The van der Waals surface area contributed by atoms with Gasteiger partial charge >= 0.3 is 0 Å². The van der Waals surface area contributed by atoms with Crippen molar-refractivity contribution in [1.29, 1.82) is 0 Å². The van der Waals surface area contributed by atoms with Crippen LogP contribution in [0.1, 0.15) is 29.4 Å². The van der Waals surface area contributed by atoms with Crippen LogP contribution in [0.25, 0.3) is 21.5 Å². The maximum absolute atomic E-state index is 11.8. The van der Waals surface area contributed by atoms with E-state index in [0.29, 0.717) is 38.5 Å². The van der Waals surface area contributed by atoms with Gasteiger partial charge in [0, 0.05) is 30.8 Å². The molecule has 0 amide bonds. The van der Waals surface area contributed by atoms with Gasteiger partial charge < -0.3 is 16.0 Å². The number of nitrogen functional groups attached to an aromatic ring is 1. The van der Waals surface area contributed by atoms with Crippen molar-refractivity contribution >= 4 is 39.0 Å². The van der Waals surface area contributed by atoms with Gasteiger partial charge in [0.15, 0.2) is 5.78 Å². The van der Waals surface area contributed by atoms with Crippen molar-refractivity contribution < 1.29 is 4.79 Å². The fourth-order valence-corrected chi connectivity index (χ4v) is 3.51. The topological polar surface area (TPSA) is 114 Å². The van der Waals surface area contributed by atoms with Crippen LogP contribution in [0.3, 0.4) is 0 Å². The highest BCUT2D eigenvalue weighted by molar-refractivity contribution is 7.21. The normalized spacial score (nSPS) is 14.0. The average molecular weight is 341 g/mol. The molecule has 0 aromatic carbocycles. The Balaban J connectivity index is 1.98. The Kier molecular flexibility index (Phi) is 3.34. The Morgan fingerprint density at radius 2 is 2.17 bits per heavy atom. The molecular weight excluding hydrogens is 326 g/mol. The van der Waals surface area contributed by atoms with E-state index >= 15 is 0 Å². The largest absolute Gasteiger partial charge is 0.397 e. The van der Waals surface area contributed by atoms with Crippen molar-refractivity contribution in [2.75, 3.05) is 11.1 Å². The first-order valence-electron chi connectivity index (χ1n) is 7.59. The zero-order valence-corrected chi connectivity index (χ0v) is 13.7.